The van der Waals surface area contributed by atoms with Gasteiger partial charge in [0, 0.05) is 35.1 Å². The topological polar surface area (TPSA) is 119 Å². The molecule has 4 N–H and O–H groups in total. The molecule has 0 spiro atoms. The summed E-state index contributed by atoms with van der Waals surface area (Å²) in [5.74, 6) is -0.774. The number of benzene rings is 1. The quantitative estimate of drug-likeness (QED) is 0.467. The molecular weight excluding hydrogens is 376 g/mol. The second-order valence-corrected chi connectivity index (χ2v) is 6.92. The molecule has 1 aromatic carbocycles. The lowest BCUT2D eigenvalue weighted by Gasteiger charge is -2.05. The zero-order valence-electron chi connectivity index (χ0n) is 14.6. The van der Waals surface area contributed by atoms with E-state index in [1.807, 2.05) is 29.1 Å². The number of nitrogens with two attached hydrogens (primary N) is 1. The number of anilines is 1. The van der Waals surface area contributed by atoms with Crippen LogP contribution in [0.25, 0.3) is 11.3 Å². The van der Waals surface area contributed by atoms with Gasteiger partial charge in [-0.15, -0.1) is 11.3 Å². The standard InChI is InChI=1S/C19H16N6O2S/c20-17(26)15-8-14(9-21-15)16-11-28-19(23-16)24-18(27)13-4-2-12(3-5-13)10-25-7-1-6-22-25/h1-9,11,21H,10H2,(H2,20,26)(H,23,24,27). The van der Waals surface area contributed by atoms with Gasteiger partial charge in [-0.2, -0.15) is 5.10 Å². The maximum absolute atomic E-state index is 12.5. The molecule has 2 amide bonds. The molecule has 140 valence electrons. The predicted octanol–water partition coefficient (Wildman–Crippen LogP) is 2.73. The Morgan fingerprint density at radius 1 is 1.25 bits per heavy atom. The van der Waals surface area contributed by atoms with Crippen molar-refractivity contribution >= 4 is 28.3 Å². The van der Waals surface area contributed by atoms with Gasteiger partial charge in [0.1, 0.15) is 5.69 Å². The molecule has 0 radical (unpaired) electrons. The monoisotopic (exact) mass is 392 g/mol. The second kappa shape index (κ2) is 7.49. The van der Waals surface area contributed by atoms with Crippen LogP contribution in [0.2, 0.25) is 0 Å². The molecule has 0 saturated heterocycles. The Morgan fingerprint density at radius 3 is 2.75 bits per heavy atom. The summed E-state index contributed by atoms with van der Waals surface area (Å²) in [6, 6.07) is 10.8. The second-order valence-electron chi connectivity index (χ2n) is 6.06. The van der Waals surface area contributed by atoms with Crippen LogP contribution in [0.3, 0.4) is 0 Å². The Bertz CT molecular complexity index is 1110. The van der Waals surface area contributed by atoms with E-state index in [9.17, 15) is 9.59 Å². The molecule has 0 atom stereocenters. The minimum absolute atomic E-state index is 0.238. The first-order valence-electron chi connectivity index (χ1n) is 8.40. The van der Waals surface area contributed by atoms with E-state index < -0.39 is 5.91 Å². The lowest BCUT2D eigenvalue weighted by molar-refractivity contribution is 0.0994. The normalized spacial score (nSPS) is 10.7. The number of carbonyl (C=O) groups is 2. The molecule has 3 heterocycles. The maximum Gasteiger partial charge on any atom is 0.265 e. The van der Waals surface area contributed by atoms with E-state index in [1.54, 1.807) is 36.0 Å². The number of hydrogen-bond donors (Lipinski definition) is 3. The molecular formula is C19H16N6O2S. The van der Waals surface area contributed by atoms with Crippen molar-refractivity contribution in [1.29, 1.82) is 0 Å². The van der Waals surface area contributed by atoms with Gasteiger partial charge in [-0.3, -0.25) is 19.6 Å². The number of aromatic amines is 1. The van der Waals surface area contributed by atoms with Gasteiger partial charge in [-0.05, 0) is 29.8 Å². The van der Waals surface area contributed by atoms with Crippen LogP contribution in [0.1, 0.15) is 26.4 Å². The highest BCUT2D eigenvalue weighted by Crippen LogP contribution is 2.25. The van der Waals surface area contributed by atoms with Crippen molar-refractivity contribution in [3.63, 3.8) is 0 Å². The first-order chi connectivity index (χ1) is 13.6. The van der Waals surface area contributed by atoms with Crippen LogP contribution in [-0.4, -0.2) is 31.6 Å². The number of primary amides is 1. The van der Waals surface area contributed by atoms with Crippen LogP contribution in [-0.2, 0) is 6.54 Å². The van der Waals surface area contributed by atoms with Gasteiger partial charge in [0.2, 0.25) is 0 Å². The van der Waals surface area contributed by atoms with Gasteiger partial charge in [-0.25, -0.2) is 4.98 Å². The fourth-order valence-electron chi connectivity index (χ4n) is 2.66. The Balaban J connectivity index is 1.42. The van der Waals surface area contributed by atoms with E-state index in [1.165, 1.54) is 11.3 Å². The fourth-order valence-corrected chi connectivity index (χ4v) is 3.37. The summed E-state index contributed by atoms with van der Waals surface area (Å²) in [6.45, 7) is 0.648. The third-order valence-electron chi connectivity index (χ3n) is 4.09. The first kappa shape index (κ1) is 17.7. The van der Waals surface area contributed by atoms with Gasteiger partial charge < -0.3 is 10.7 Å². The smallest absolute Gasteiger partial charge is 0.265 e. The molecule has 0 aliphatic rings. The van der Waals surface area contributed by atoms with Crippen LogP contribution in [0.15, 0.2) is 60.4 Å². The van der Waals surface area contributed by atoms with Crippen molar-refractivity contribution in [2.24, 2.45) is 5.73 Å². The summed E-state index contributed by atoms with van der Waals surface area (Å²) in [5.41, 5.74) is 8.52. The largest absolute Gasteiger partial charge is 0.364 e. The average molecular weight is 392 g/mol. The highest BCUT2D eigenvalue weighted by molar-refractivity contribution is 7.14. The number of thiazole rings is 1. The minimum Gasteiger partial charge on any atom is -0.364 e. The van der Waals surface area contributed by atoms with Crippen LogP contribution in [0, 0.1) is 0 Å². The zero-order chi connectivity index (χ0) is 19.5. The Kier molecular flexibility index (Phi) is 4.73. The fraction of sp³-hybridized carbons (Fsp3) is 0.0526. The van der Waals surface area contributed by atoms with Crippen molar-refractivity contribution < 1.29 is 9.59 Å². The van der Waals surface area contributed by atoms with Gasteiger partial charge >= 0.3 is 0 Å². The number of H-pyrrole nitrogens is 1. The number of amides is 2. The van der Waals surface area contributed by atoms with Gasteiger partial charge in [-0.1, -0.05) is 12.1 Å². The molecule has 4 rings (SSSR count). The highest BCUT2D eigenvalue weighted by atomic mass is 32.1. The summed E-state index contributed by atoms with van der Waals surface area (Å²) in [6.07, 6.45) is 5.27. The summed E-state index contributed by atoms with van der Waals surface area (Å²) >= 11 is 1.31. The molecule has 0 fully saturated rings. The lowest BCUT2D eigenvalue weighted by atomic mass is 10.1. The molecule has 0 unspecified atom stereocenters. The van der Waals surface area contributed by atoms with Crippen LogP contribution in [0.5, 0.6) is 0 Å². The Labute approximate surface area is 164 Å². The van der Waals surface area contributed by atoms with Crippen LogP contribution in [0.4, 0.5) is 5.13 Å². The Hall–Kier alpha value is -3.72. The van der Waals surface area contributed by atoms with Gasteiger partial charge in [0.15, 0.2) is 5.13 Å². The molecule has 9 heteroatoms. The van der Waals surface area contributed by atoms with E-state index in [-0.39, 0.29) is 5.91 Å². The number of carbonyl (C=O) groups excluding carboxylic acids is 2. The zero-order valence-corrected chi connectivity index (χ0v) is 15.4. The molecule has 0 saturated carbocycles. The van der Waals surface area contributed by atoms with E-state index in [2.05, 4.69) is 20.4 Å². The van der Waals surface area contributed by atoms with Crippen molar-refractivity contribution in [3.8, 4) is 11.3 Å². The molecule has 0 bridgehead atoms. The van der Waals surface area contributed by atoms with Crippen LogP contribution >= 0.6 is 11.3 Å². The summed E-state index contributed by atoms with van der Waals surface area (Å²) in [5, 5.41) is 9.23. The maximum atomic E-state index is 12.5. The number of nitrogens with one attached hydrogen (secondary N) is 2. The first-order valence-corrected chi connectivity index (χ1v) is 9.28. The van der Waals surface area contributed by atoms with Crippen molar-refractivity contribution in [2.75, 3.05) is 5.32 Å². The molecule has 4 aromatic rings. The predicted molar refractivity (Wildman–Crippen MR) is 106 cm³/mol. The van der Waals surface area contributed by atoms with Crippen molar-refractivity contribution in [1.82, 2.24) is 19.7 Å². The van der Waals surface area contributed by atoms with E-state index >= 15 is 0 Å². The van der Waals surface area contributed by atoms with E-state index in [0.29, 0.717) is 28.6 Å². The van der Waals surface area contributed by atoms with Gasteiger partial charge in [0.05, 0.1) is 12.2 Å². The average Bonchev–Trinajstić information content (AvgIpc) is 3.43. The van der Waals surface area contributed by atoms with Gasteiger partial charge in [0.25, 0.3) is 11.8 Å². The molecule has 3 aromatic heterocycles. The molecule has 8 nitrogen and oxygen atoms in total. The highest BCUT2D eigenvalue weighted by Gasteiger charge is 2.12. The molecule has 0 aliphatic carbocycles. The summed E-state index contributed by atoms with van der Waals surface area (Å²) in [4.78, 5) is 30.8. The van der Waals surface area contributed by atoms with Crippen molar-refractivity contribution in [2.45, 2.75) is 6.54 Å². The third-order valence-corrected chi connectivity index (χ3v) is 4.85. The SMILES string of the molecule is NC(=O)c1cc(-c2csc(NC(=O)c3ccc(Cn4cccn4)cc3)n2)c[nH]1. The molecule has 0 aliphatic heterocycles. The minimum atomic E-state index is -0.536. The molecule has 28 heavy (non-hydrogen) atoms. The summed E-state index contributed by atoms with van der Waals surface area (Å²) < 4.78 is 1.82. The number of nitrogens with zero attached hydrogens (tertiary/aromatic N) is 3. The van der Waals surface area contributed by atoms with Crippen LogP contribution < -0.4 is 11.1 Å². The third kappa shape index (κ3) is 3.84. The summed E-state index contributed by atoms with van der Waals surface area (Å²) in [7, 11) is 0. The number of rotatable bonds is 6. The number of hydrogen-bond acceptors (Lipinski definition) is 5. The van der Waals surface area contributed by atoms with E-state index in [0.717, 1.165) is 11.1 Å². The van der Waals surface area contributed by atoms with Crippen molar-refractivity contribution in [3.05, 3.63) is 77.2 Å². The lowest BCUT2D eigenvalue weighted by Crippen LogP contribution is -2.11. The van der Waals surface area contributed by atoms with E-state index in [4.69, 9.17) is 5.73 Å². The Morgan fingerprint density at radius 2 is 2.07 bits per heavy atom. The number of aromatic nitrogens is 4.